The van der Waals surface area contributed by atoms with E-state index >= 15 is 0 Å². The van der Waals surface area contributed by atoms with E-state index in [0.29, 0.717) is 16.5 Å². The Morgan fingerprint density at radius 2 is 1.93 bits per heavy atom. The summed E-state index contributed by atoms with van der Waals surface area (Å²) >= 11 is 4.67. The molecule has 0 radical (unpaired) electrons. The van der Waals surface area contributed by atoms with Gasteiger partial charge < -0.3 is 15.4 Å². The Balaban J connectivity index is 1.57. The van der Waals surface area contributed by atoms with E-state index in [0.717, 1.165) is 15.7 Å². The molecule has 1 amide bonds. The molecule has 0 fully saturated rings. The van der Waals surface area contributed by atoms with E-state index in [1.165, 1.54) is 35.6 Å². The highest BCUT2D eigenvalue weighted by molar-refractivity contribution is 9.10. The Hall–Kier alpha value is -2.59. The van der Waals surface area contributed by atoms with E-state index in [1.807, 2.05) is 25.1 Å². The molecule has 2 N–H and O–H groups in total. The Bertz CT molecular complexity index is 1010. The topological polar surface area (TPSA) is 63.2 Å². The molecule has 0 saturated carbocycles. The van der Waals surface area contributed by atoms with Crippen LogP contribution in [0.5, 0.6) is 5.75 Å². The zero-order chi connectivity index (χ0) is 21.0. The molecule has 0 aliphatic heterocycles. The molecule has 29 heavy (non-hydrogen) atoms. The number of thiazole rings is 1. The van der Waals surface area contributed by atoms with Gasteiger partial charge >= 0.3 is 6.36 Å². The summed E-state index contributed by atoms with van der Waals surface area (Å²) in [4.78, 5) is 16.6. The maximum Gasteiger partial charge on any atom is 0.573 e. The monoisotopic (exact) mass is 485 g/mol. The molecular formula is C19H15BrF3N3O2S. The lowest BCUT2D eigenvalue weighted by atomic mass is 10.2. The molecule has 0 atom stereocenters. The largest absolute Gasteiger partial charge is 0.573 e. The van der Waals surface area contributed by atoms with E-state index in [9.17, 15) is 18.0 Å². The third kappa shape index (κ3) is 6.47. The van der Waals surface area contributed by atoms with Crippen molar-refractivity contribution >= 4 is 49.7 Å². The van der Waals surface area contributed by atoms with Crippen molar-refractivity contribution in [3.05, 3.63) is 63.6 Å². The minimum Gasteiger partial charge on any atom is -0.406 e. The van der Waals surface area contributed by atoms with Crippen LogP contribution in [0.4, 0.5) is 29.7 Å². The molecule has 10 heteroatoms. The second kappa shape index (κ2) is 8.83. The Morgan fingerprint density at radius 3 is 2.59 bits per heavy atom. The van der Waals surface area contributed by atoms with Crippen LogP contribution in [0.3, 0.4) is 0 Å². The van der Waals surface area contributed by atoms with Gasteiger partial charge in [-0.2, -0.15) is 0 Å². The Labute approximate surface area is 177 Å². The summed E-state index contributed by atoms with van der Waals surface area (Å²) in [6, 6.07) is 10.9. The highest BCUT2D eigenvalue weighted by Crippen LogP contribution is 2.26. The van der Waals surface area contributed by atoms with Crippen molar-refractivity contribution in [3.63, 3.8) is 0 Å². The fourth-order valence-electron chi connectivity index (χ4n) is 2.44. The maximum atomic E-state index is 12.3. The number of nitrogens with zero attached hydrogens (tertiary/aromatic N) is 1. The number of rotatable bonds is 6. The molecule has 0 saturated heterocycles. The minimum absolute atomic E-state index is 0.103. The van der Waals surface area contributed by atoms with Crippen LogP contribution in [0.2, 0.25) is 0 Å². The van der Waals surface area contributed by atoms with Crippen molar-refractivity contribution in [3.8, 4) is 5.75 Å². The highest BCUT2D eigenvalue weighted by atomic mass is 79.9. The van der Waals surface area contributed by atoms with Crippen molar-refractivity contribution < 1.29 is 22.7 Å². The first kappa shape index (κ1) is 21.1. The molecule has 1 heterocycles. The molecular weight excluding hydrogens is 471 g/mol. The standard InChI is InChI=1S/C19H15BrF3N3O2S/c1-11-8-12(20)2-7-16(11)26-17(27)9-14-10-29-18(25-14)24-13-3-5-15(6-4-13)28-19(21,22)23/h2-8,10H,9H2,1H3,(H,24,25)(H,26,27). The molecule has 1 aromatic heterocycles. The highest BCUT2D eigenvalue weighted by Gasteiger charge is 2.30. The van der Waals surface area contributed by atoms with Gasteiger partial charge in [-0.25, -0.2) is 4.98 Å². The molecule has 0 bridgehead atoms. The number of nitrogens with one attached hydrogen (secondary N) is 2. The zero-order valence-corrected chi connectivity index (χ0v) is 17.4. The molecule has 152 valence electrons. The number of ether oxygens (including phenoxy) is 1. The quantitative estimate of drug-likeness (QED) is 0.446. The van der Waals surface area contributed by atoms with Crippen LogP contribution in [0.15, 0.2) is 52.3 Å². The number of alkyl halides is 3. The van der Waals surface area contributed by atoms with E-state index in [-0.39, 0.29) is 18.1 Å². The number of carbonyl (C=O) groups is 1. The summed E-state index contributed by atoms with van der Waals surface area (Å²) in [6.07, 6.45) is -4.62. The van der Waals surface area contributed by atoms with Crippen LogP contribution >= 0.6 is 27.3 Å². The average molecular weight is 486 g/mol. The number of hydrogen-bond donors (Lipinski definition) is 2. The first-order valence-electron chi connectivity index (χ1n) is 8.31. The lowest BCUT2D eigenvalue weighted by Gasteiger charge is -2.09. The lowest BCUT2D eigenvalue weighted by molar-refractivity contribution is -0.274. The smallest absolute Gasteiger partial charge is 0.406 e. The summed E-state index contributed by atoms with van der Waals surface area (Å²) in [5.41, 5.74) is 2.80. The molecule has 0 aliphatic carbocycles. The van der Waals surface area contributed by atoms with Gasteiger partial charge in [-0.15, -0.1) is 24.5 Å². The number of benzene rings is 2. The van der Waals surface area contributed by atoms with Gasteiger partial charge in [0.05, 0.1) is 12.1 Å². The van der Waals surface area contributed by atoms with Gasteiger partial charge in [-0.05, 0) is 55.0 Å². The number of aryl methyl sites for hydroxylation is 1. The SMILES string of the molecule is Cc1cc(Br)ccc1NC(=O)Cc1csc(Nc2ccc(OC(F)(F)F)cc2)n1. The van der Waals surface area contributed by atoms with Crippen molar-refractivity contribution in [1.82, 2.24) is 4.98 Å². The molecule has 0 aliphatic rings. The Kier molecular flexibility index (Phi) is 6.43. The second-order valence-electron chi connectivity index (χ2n) is 6.03. The van der Waals surface area contributed by atoms with Crippen molar-refractivity contribution in [2.45, 2.75) is 19.7 Å². The third-order valence-electron chi connectivity index (χ3n) is 3.70. The predicted octanol–water partition coefficient (Wildman–Crippen LogP) is 6.04. The fourth-order valence-corrected chi connectivity index (χ4v) is 3.64. The number of halogens is 4. The zero-order valence-electron chi connectivity index (χ0n) is 15.0. The van der Waals surface area contributed by atoms with Crippen molar-refractivity contribution in [2.24, 2.45) is 0 Å². The number of aromatic nitrogens is 1. The first-order chi connectivity index (χ1) is 13.7. The number of amides is 1. The van der Waals surface area contributed by atoms with Gasteiger partial charge in [0, 0.05) is 21.2 Å². The van der Waals surface area contributed by atoms with E-state index in [2.05, 4.69) is 36.3 Å². The van der Waals surface area contributed by atoms with E-state index in [4.69, 9.17) is 0 Å². The van der Waals surface area contributed by atoms with Gasteiger partial charge in [0.25, 0.3) is 0 Å². The molecule has 3 rings (SSSR count). The van der Waals surface area contributed by atoms with Gasteiger partial charge in [0.15, 0.2) is 5.13 Å². The second-order valence-corrected chi connectivity index (χ2v) is 7.80. The summed E-state index contributed by atoms with van der Waals surface area (Å²) in [5.74, 6) is -0.497. The Morgan fingerprint density at radius 1 is 1.21 bits per heavy atom. The van der Waals surface area contributed by atoms with Gasteiger partial charge in [0.1, 0.15) is 5.75 Å². The minimum atomic E-state index is -4.73. The van der Waals surface area contributed by atoms with Crippen LogP contribution in [0.1, 0.15) is 11.3 Å². The molecule has 3 aromatic rings. The number of hydrogen-bond acceptors (Lipinski definition) is 5. The summed E-state index contributed by atoms with van der Waals surface area (Å²) < 4.78 is 41.3. The summed E-state index contributed by atoms with van der Waals surface area (Å²) in [6.45, 7) is 1.90. The maximum absolute atomic E-state index is 12.3. The molecule has 0 unspecified atom stereocenters. The predicted molar refractivity (Wildman–Crippen MR) is 110 cm³/mol. The van der Waals surface area contributed by atoms with Crippen LogP contribution in [0, 0.1) is 6.92 Å². The van der Waals surface area contributed by atoms with Crippen LogP contribution in [0.25, 0.3) is 0 Å². The van der Waals surface area contributed by atoms with Crippen molar-refractivity contribution in [1.29, 1.82) is 0 Å². The first-order valence-corrected chi connectivity index (χ1v) is 9.98. The van der Waals surface area contributed by atoms with Crippen LogP contribution < -0.4 is 15.4 Å². The molecule has 5 nitrogen and oxygen atoms in total. The normalized spacial score (nSPS) is 11.2. The van der Waals surface area contributed by atoms with Gasteiger partial charge in [-0.1, -0.05) is 15.9 Å². The van der Waals surface area contributed by atoms with Crippen LogP contribution in [-0.2, 0) is 11.2 Å². The number of carbonyl (C=O) groups excluding carboxylic acids is 1. The molecule has 2 aromatic carbocycles. The third-order valence-corrected chi connectivity index (χ3v) is 4.99. The lowest BCUT2D eigenvalue weighted by Crippen LogP contribution is -2.16. The fraction of sp³-hybridized carbons (Fsp3) is 0.158. The average Bonchev–Trinajstić information content (AvgIpc) is 3.04. The van der Waals surface area contributed by atoms with Crippen LogP contribution in [-0.4, -0.2) is 17.3 Å². The van der Waals surface area contributed by atoms with E-state index in [1.54, 1.807) is 5.38 Å². The molecule has 0 spiro atoms. The summed E-state index contributed by atoms with van der Waals surface area (Å²) in [5, 5.41) is 8.11. The van der Waals surface area contributed by atoms with Gasteiger partial charge in [0.2, 0.25) is 5.91 Å². The van der Waals surface area contributed by atoms with Crippen molar-refractivity contribution in [2.75, 3.05) is 10.6 Å². The summed E-state index contributed by atoms with van der Waals surface area (Å²) in [7, 11) is 0. The van der Waals surface area contributed by atoms with Gasteiger partial charge in [-0.3, -0.25) is 4.79 Å². The van der Waals surface area contributed by atoms with E-state index < -0.39 is 6.36 Å². The number of anilines is 3.